The second-order valence-electron chi connectivity index (χ2n) is 21.1. The number of anilines is 6. The Bertz CT molecular complexity index is 2740. The first-order valence-corrected chi connectivity index (χ1v) is 28.4. The maximum absolute atomic E-state index is 13.5. The maximum atomic E-state index is 13.5. The molecule has 6 rings (SSSR count). The highest BCUT2D eigenvalue weighted by atomic mass is 16.6. The zero-order chi connectivity index (χ0) is 60.3. The summed E-state index contributed by atoms with van der Waals surface area (Å²) in [5.74, 6) is 0.824. The highest BCUT2D eigenvalue weighted by Crippen LogP contribution is 2.31. The number of aliphatic carboxylic acids is 1. The molecule has 0 unspecified atom stereocenters. The third-order valence-corrected chi connectivity index (χ3v) is 13.5. The van der Waals surface area contributed by atoms with Crippen LogP contribution in [0.4, 0.5) is 54.1 Å². The maximum Gasteiger partial charge on any atom is 0.415 e. The largest absolute Gasteiger partial charge is 0.480 e. The second-order valence-corrected chi connectivity index (χ2v) is 21.1. The summed E-state index contributed by atoms with van der Waals surface area (Å²) in [6.45, 7) is 23.3. The summed E-state index contributed by atoms with van der Waals surface area (Å²) in [6, 6.07) is 11.5. The number of carboxylic acids is 1. The molecule has 2 aromatic carbocycles. The van der Waals surface area contributed by atoms with Crippen molar-refractivity contribution in [1.29, 1.82) is 0 Å². The Morgan fingerprint density at radius 1 is 0.561 bits per heavy atom. The number of nitrogens with one attached hydrogen (secondary N) is 2. The van der Waals surface area contributed by atoms with E-state index in [1.807, 2.05) is 84.2 Å². The summed E-state index contributed by atoms with van der Waals surface area (Å²) >= 11 is 0. The number of ether oxygens (including phenoxy) is 3. The van der Waals surface area contributed by atoms with Gasteiger partial charge < -0.3 is 59.4 Å². The van der Waals surface area contributed by atoms with Crippen molar-refractivity contribution in [2.45, 2.75) is 119 Å². The number of esters is 1. The van der Waals surface area contributed by atoms with E-state index in [-0.39, 0.29) is 42.9 Å². The molecule has 4 aromatic rings. The van der Waals surface area contributed by atoms with Gasteiger partial charge in [-0.15, -0.1) is 0 Å². The lowest BCUT2D eigenvalue weighted by molar-refractivity contribution is -0.155. The van der Waals surface area contributed by atoms with E-state index in [0.717, 1.165) is 36.8 Å². The molecule has 2 aliphatic rings. The molecule has 448 valence electrons. The number of urea groups is 2. The number of aromatic nitrogens is 4. The van der Waals surface area contributed by atoms with Crippen molar-refractivity contribution in [3.63, 3.8) is 0 Å². The van der Waals surface area contributed by atoms with Crippen LogP contribution in [0.1, 0.15) is 99.1 Å². The molecular weight excluding hydrogens is 1050 g/mol. The van der Waals surface area contributed by atoms with Crippen LogP contribution in [0.15, 0.2) is 60.9 Å². The van der Waals surface area contributed by atoms with Crippen LogP contribution in [0.25, 0.3) is 0 Å². The second kappa shape index (κ2) is 30.6. The predicted octanol–water partition coefficient (Wildman–Crippen LogP) is 8.32. The van der Waals surface area contributed by atoms with Gasteiger partial charge in [-0.3, -0.25) is 9.80 Å². The van der Waals surface area contributed by atoms with Crippen molar-refractivity contribution in [2.75, 3.05) is 124 Å². The molecule has 0 saturated carbocycles. The van der Waals surface area contributed by atoms with Gasteiger partial charge in [-0.2, -0.15) is 9.97 Å². The van der Waals surface area contributed by atoms with Crippen molar-refractivity contribution < 1.29 is 48.1 Å². The van der Waals surface area contributed by atoms with E-state index in [1.165, 1.54) is 14.7 Å². The minimum atomic E-state index is -1.07. The Balaban J connectivity index is 0.000000302. The van der Waals surface area contributed by atoms with E-state index in [9.17, 15) is 33.9 Å². The van der Waals surface area contributed by atoms with E-state index in [2.05, 4.69) is 25.6 Å². The summed E-state index contributed by atoms with van der Waals surface area (Å²) in [7, 11) is 6.66. The van der Waals surface area contributed by atoms with Crippen molar-refractivity contribution in [3.05, 3.63) is 72.1 Å². The van der Waals surface area contributed by atoms with Gasteiger partial charge in [0.15, 0.2) is 11.6 Å². The molecule has 2 atom stereocenters. The summed E-state index contributed by atoms with van der Waals surface area (Å²) in [5, 5.41) is 16.4. The van der Waals surface area contributed by atoms with Gasteiger partial charge in [-0.05, 0) is 123 Å². The molecule has 2 saturated heterocycles. The molecule has 24 nitrogen and oxygen atoms in total. The number of amides is 6. The van der Waals surface area contributed by atoms with Gasteiger partial charge in [-0.1, -0.05) is 24.3 Å². The lowest BCUT2D eigenvalue weighted by Crippen LogP contribution is -2.42. The van der Waals surface area contributed by atoms with Crippen molar-refractivity contribution >= 4 is 71.1 Å². The van der Waals surface area contributed by atoms with Gasteiger partial charge >= 0.3 is 36.2 Å². The lowest BCUT2D eigenvalue weighted by Gasteiger charge is -2.30. The molecular formula is C58H86N14O10. The van der Waals surface area contributed by atoms with Crippen LogP contribution in [-0.2, 0) is 27.2 Å². The number of benzene rings is 2. The Labute approximate surface area is 483 Å². The van der Waals surface area contributed by atoms with Crippen LogP contribution in [0.3, 0.4) is 0 Å². The molecule has 24 heteroatoms. The molecule has 2 fully saturated rings. The standard InChI is InChI=1S/C31H47N7O5.C27H39N7O5/c1-9-36(10-2)28-32-21-25(38(11-3)29(40)35(7)8)26(34-28)33-24(27(39)43-31(4,5)6)20-22-14-16-23(17-15-22)42-30(41)37-18-12-13-19-37;1-6-32(7-2)25-28-18-22(34(8-3)26(37)31(4)5)23(30-25)29-21(24(35)36)17-19-11-13-20(14-12-19)39-27(38)33-15-9-10-16-33/h14-17,21,24H,9-13,18-20H2,1-8H3,(H,32,33,34);11-14,18,21H,6-10,15-17H2,1-5H3,(H,35,36)(H,28,29,30)/t24-;21-/m00/s1. The fourth-order valence-corrected chi connectivity index (χ4v) is 9.04. The third-order valence-electron chi connectivity index (χ3n) is 13.5. The molecule has 82 heavy (non-hydrogen) atoms. The molecule has 0 bridgehead atoms. The monoisotopic (exact) mass is 1140 g/mol. The fourth-order valence-electron chi connectivity index (χ4n) is 9.04. The van der Waals surface area contributed by atoms with Crippen LogP contribution in [0.5, 0.6) is 11.5 Å². The highest BCUT2D eigenvalue weighted by molar-refractivity contribution is 5.96. The molecule has 3 N–H and O–H groups in total. The molecule has 2 aliphatic heterocycles. The Hall–Kier alpha value is -8.18. The number of rotatable bonds is 22. The smallest absolute Gasteiger partial charge is 0.415 e. The van der Waals surface area contributed by atoms with Gasteiger partial charge in [-0.25, -0.2) is 38.7 Å². The summed E-state index contributed by atoms with van der Waals surface area (Å²) in [4.78, 5) is 108. The number of carbonyl (C=O) groups excluding carboxylic acids is 5. The van der Waals surface area contributed by atoms with E-state index in [1.54, 1.807) is 91.7 Å². The SMILES string of the molecule is CCN(CC)c1ncc(N(CC)C(=O)N(C)C)c(N[C@@H](Cc2ccc(OC(=O)N3CCCC3)cc2)C(=O)O)n1.CCN(CC)c1ncc(N(CC)C(=O)N(C)C)c(N[C@@H](Cc2ccc(OC(=O)N3CCCC3)cc2)C(=O)OC(C)(C)C)n1. The molecule has 2 aromatic heterocycles. The number of carbonyl (C=O) groups is 6. The quantitative estimate of drug-likeness (QED) is 0.0625. The van der Waals surface area contributed by atoms with Crippen molar-refractivity contribution in [1.82, 2.24) is 39.5 Å². The molecule has 6 amide bonds. The number of nitrogens with zero attached hydrogens (tertiary/aromatic N) is 12. The fraction of sp³-hybridized carbons (Fsp3) is 0.552. The topological polar surface area (TPSA) is 252 Å². The van der Waals surface area contributed by atoms with Crippen LogP contribution in [0.2, 0.25) is 0 Å². The van der Waals surface area contributed by atoms with Crippen LogP contribution in [-0.4, -0.2) is 192 Å². The van der Waals surface area contributed by atoms with Gasteiger partial charge in [0.25, 0.3) is 0 Å². The highest BCUT2D eigenvalue weighted by Gasteiger charge is 2.31. The molecule has 0 radical (unpaired) electrons. The average Bonchev–Trinajstić information content (AvgIpc) is 4.25. The number of likely N-dealkylation sites (tertiary alicyclic amines) is 2. The van der Waals surface area contributed by atoms with Gasteiger partial charge in [0.05, 0.1) is 12.4 Å². The van der Waals surface area contributed by atoms with Crippen molar-refractivity contribution in [3.8, 4) is 11.5 Å². The molecule has 0 spiro atoms. The lowest BCUT2D eigenvalue weighted by atomic mass is 10.0. The Morgan fingerprint density at radius 2 is 0.915 bits per heavy atom. The molecule has 0 aliphatic carbocycles. The van der Waals surface area contributed by atoms with Crippen LogP contribution >= 0.6 is 0 Å². The number of carboxylic acid groups (broad SMARTS) is 1. The number of hydrogen-bond donors (Lipinski definition) is 3. The minimum Gasteiger partial charge on any atom is -0.480 e. The Morgan fingerprint density at radius 3 is 1.23 bits per heavy atom. The first-order valence-electron chi connectivity index (χ1n) is 28.4. The van der Waals surface area contributed by atoms with E-state index >= 15 is 0 Å². The summed E-state index contributed by atoms with van der Waals surface area (Å²) in [5.41, 5.74) is 1.67. The third kappa shape index (κ3) is 18.2. The summed E-state index contributed by atoms with van der Waals surface area (Å²) in [6.07, 6.45) is 6.74. The Kier molecular flexibility index (Phi) is 24.1. The van der Waals surface area contributed by atoms with Crippen molar-refractivity contribution in [2.24, 2.45) is 0 Å². The van der Waals surface area contributed by atoms with E-state index < -0.39 is 29.6 Å². The predicted molar refractivity (Wildman–Crippen MR) is 318 cm³/mol. The average molecular weight is 1140 g/mol. The zero-order valence-electron chi connectivity index (χ0n) is 50.2. The first-order chi connectivity index (χ1) is 39.0. The zero-order valence-corrected chi connectivity index (χ0v) is 50.2. The molecule has 4 heterocycles. The van der Waals surface area contributed by atoms with Gasteiger partial charge in [0, 0.05) is 106 Å². The number of hydrogen-bond acceptors (Lipinski definition) is 17. The normalized spacial score (nSPS) is 13.6. The summed E-state index contributed by atoms with van der Waals surface area (Å²) < 4.78 is 16.8. The van der Waals surface area contributed by atoms with Gasteiger partial charge in [0.2, 0.25) is 11.9 Å². The van der Waals surface area contributed by atoms with Crippen LogP contribution in [0, 0.1) is 0 Å². The minimum absolute atomic E-state index is 0.132. The van der Waals surface area contributed by atoms with Gasteiger partial charge in [0.1, 0.15) is 40.6 Å². The first kappa shape index (κ1) is 64.6. The van der Waals surface area contributed by atoms with Crippen LogP contribution < -0.4 is 39.7 Å². The van der Waals surface area contributed by atoms with E-state index in [0.29, 0.717) is 106 Å². The van der Waals surface area contributed by atoms with E-state index in [4.69, 9.17) is 19.2 Å².